The highest BCUT2D eigenvalue weighted by Crippen LogP contribution is 2.31. The van der Waals surface area contributed by atoms with Crippen molar-refractivity contribution in [3.05, 3.63) is 47.5 Å². The average Bonchev–Trinajstić information content (AvgIpc) is 3.16. The summed E-state index contributed by atoms with van der Waals surface area (Å²) >= 11 is 7.41. The second-order valence-electron chi connectivity index (χ2n) is 7.54. The van der Waals surface area contributed by atoms with Gasteiger partial charge in [0.15, 0.2) is 15.0 Å². The third kappa shape index (κ3) is 5.35. The van der Waals surface area contributed by atoms with Crippen LogP contribution in [-0.4, -0.2) is 63.2 Å². The predicted octanol–water partition coefficient (Wildman–Crippen LogP) is 3.50. The lowest BCUT2D eigenvalue weighted by atomic mass is 10.3. The van der Waals surface area contributed by atoms with Gasteiger partial charge in [0.1, 0.15) is 0 Å². The summed E-state index contributed by atoms with van der Waals surface area (Å²) in [5, 5.41) is 4.25. The first-order chi connectivity index (χ1) is 14.8. The molecule has 10 heteroatoms. The van der Waals surface area contributed by atoms with E-state index in [-0.39, 0.29) is 23.0 Å². The molecule has 1 aliphatic heterocycles. The number of sulfone groups is 1. The monoisotopic (exact) mass is 478 g/mol. The van der Waals surface area contributed by atoms with Crippen LogP contribution in [0.25, 0.3) is 10.2 Å². The number of hydrogen-bond acceptors (Lipinski definition) is 7. The summed E-state index contributed by atoms with van der Waals surface area (Å²) in [6.45, 7) is 3.91. The van der Waals surface area contributed by atoms with Crippen LogP contribution in [0.2, 0.25) is 5.02 Å². The molecule has 0 atom stereocenters. The largest absolute Gasteiger partial charge is 0.345 e. The van der Waals surface area contributed by atoms with Gasteiger partial charge >= 0.3 is 0 Å². The normalized spacial score (nSPS) is 15.4. The van der Waals surface area contributed by atoms with Crippen LogP contribution >= 0.6 is 22.9 Å². The van der Waals surface area contributed by atoms with Crippen molar-refractivity contribution >= 4 is 59.7 Å². The van der Waals surface area contributed by atoms with Crippen molar-refractivity contribution in [3.8, 4) is 0 Å². The van der Waals surface area contributed by atoms with Crippen LogP contribution in [0.5, 0.6) is 0 Å². The molecule has 0 bridgehead atoms. The fourth-order valence-electron chi connectivity index (χ4n) is 3.33. The van der Waals surface area contributed by atoms with Gasteiger partial charge in [0.2, 0.25) is 5.91 Å². The number of hydrogen-bond donors (Lipinski definition) is 1. The van der Waals surface area contributed by atoms with Crippen molar-refractivity contribution in [3.63, 3.8) is 0 Å². The van der Waals surface area contributed by atoms with E-state index in [1.54, 1.807) is 17.4 Å². The number of fused-ring (bicyclic) bond motifs is 1. The number of carbonyl (C=O) groups is 1. The molecule has 0 unspecified atom stereocenters. The van der Waals surface area contributed by atoms with Gasteiger partial charge in [0.05, 0.1) is 20.9 Å². The third-order valence-corrected chi connectivity index (χ3v) is 8.27. The second kappa shape index (κ2) is 9.12. The maximum absolute atomic E-state index is 12.4. The molecule has 7 nitrogen and oxygen atoms in total. The van der Waals surface area contributed by atoms with E-state index in [0.717, 1.165) is 41.5 Å². The van der Waals surface area contributed by atoms with E-state index < -0.39 is 9.84 Å². The van der Waals surface area contributed by atoms with Gasteiger partial charge in [0, 0.05) is 43.3 Å². The number of nitrogens with one attached hydrogen (secondary N) is 1. The van der Waals surface area contributed by atoms with E-state index >= 15 is 0 Å². The minimum atomic E-state index is -3.55. The Morgan fingerprint density at radius 2 is 1.84 bits per heavy atom. The summed E-state index contributed by atoms with van der Waals surface area (Å²) in [6, 6.07) is 11.5. The lowest BCUT2D eigenvalue weighted by Gasteiger charge is -2.31. The van der Waals surface area contributed by atoms with Gasteiger partial charge in [-0.3, -0.25) is 4.79 Å². The van der Waals surface area contributed by atoms with Crippen LogP contribution in [0.15, 0.2) is 47.4 Å². The van der Waals surface area contributed by atoms with Gasteiger partial charge in [-0.05, 0) is 49.5 Å². The highest BCUT2D eigenvalue weighted by molar-refractivity contribution is 7.91. The summed E-state index contributed by atoms with van der Waals surface area (Å²) in [5.41, 5.74) is 1.53. The zero-order valence-corrected chi connectivity index (χ0v) is 19.4. The number of amides is 1. The molecule has 2 aromatic carbocycles. The second-order valence-corrected chi connectivity index (χ2v) is 11.1. The van der Waals surface area contributed by atoms with E-state index in [4.69, 9.17) is 16.6 Å². The summed E-state index contributed by atoms with van der Waals surface area (Å²) in [4.78, 5) is 21.8. The van der Waals surface area contributed by atoms with Crippen molar-refractivity contribution in [2.24, 2.45) is 0 Å². The van der Waals surface area contributed by atoms with Gasteiger partial charge in [-0.2, -0.15) is 0 Å². The molecular formula is C21H23ClN4O3S2. The Balaban J connectivity index is 1.38. The summed E-state index contributed by atoms with van der Waals surface area (Å²) in [5.74, 6) is -0.614. The molecule has 2 heterocycles. The molecule has 0 radical (unpaired) electrons. The molecule has 1 N–H and O–H groups in total. The predicted molar refractivity (Wildman–Crippen MR) is 126 cm³/mol. The Bertz CT molecular complexity index is 1190. The SMILES string of the molecule is CN1CCN(c2nc3ccc(NC(=O)CCS(=O)(=O)c4ccc(Cl)cc4)cc3s2)CC1. The van der Waals surface area contributed by atoms with Gasteiger partial charge < -0.3 is 15.1 Å². The van der Waals surface area contributed by atoms with Crippen molar-refractivity contribution in [2.75, 3.05) is 49.2 Å². The number of nitrogens with zero attached hydrogens (tertiary/aromatic N) is 3. The Morgan fingerprint density at radius 1 is 1.13 bits per heavy atom. The van der Waals surface area contributed by atoms with Crippen LogP contribution in [0, 0.1) is 0 Å². The van der Waals surface area contributed by atoms with Crippen LogP contribution in [-0.2, 0) is 14.6 Å². The molecule has 31 heavy (non-hydrogen) atoms. The number of rotatable bonds is 6. The Kier molecular flexibility index (Phi) is 6.47. The number of thiazole rings is 1. The van der Waals surface area contributed by atoms with Gasteiger partial charge in [-0.15, -0.1) is 0 Å². The van der Waals surface area contributed by atoms with Crippen molar-refractivity contribution in [1.82, 2.24) is 9.88 Å². The number of anilines is 2. The molecule has 3 aromatic rings. The fourth-order valence-corrected chi connectivity index (χ4v) is 5.76. The third-order valence-electron chi connectivity index (χ3n) is 5.21. The van der Waals surface area contributed by atoms with Gasteiger partial charge in [-0.1, -0.05) is 22.9 Å². The molecule has 1 fully saturated rings. The van der Waals surface area contributed by atoms with E-state index in [2.05, 4.69) is 22.2 Å². The van der Waals surface area contributed by atoms with Gasteiger partial charge in [0.25, 0.3) is 0 Å². The molecular weight excluding hydrogens is 456 g/mol. The molecule has 1 aliphatic rings. The lowest BCUT2D eigenvalue weighted by Crippen LogP contribution is -2.44. The minimum Gasteiger partial charge on any atom is -0.345 e. The Labute approximate surface area is 190 Å². The number of piperazine rings is 1. The number of carbonyl (C=O) groups excluding carboxylic acids is 1. The molecule has 4 rings (SSSR count). The number of likely N-dealkylation sites (N-methyl/N-ethyl adjacent to an activating group) is 1. The van der Waals surface area contributed by atoms with E-state index in [9.17, 15) is 13.2 Å². The number of benzene rings is 2. The van der Waals surface area contributed by atoms with Crippen LogP contribution in [0.4, 0.5) is 10.8 Å². The summed E-state index contributed by atoms with van der Waals surface area (Å²) in [7, 11) is -1.43. The highest BCUT2D eigenvalue weighted by Gasteiger charge is 2.19. The average molecular weight is 479 g/mol. The first kappa shape index (κ1) is 22.0. The minimum absolute atomic E-state index is 0.127. The first-order valence-electron chi connectivity index (χ1n) is 9.92. The van der Waals surface area contributed by atoms with Crippen LogP contribution in [0.3, 0.4) is 0 Å². The Morgan fingerprint density at radius 3 is 2.55 bits per heavy atom. The maximum atomic E-state index is 12.4. The zero-order chi connectivity index (χ0) is 22.0. The lowest BCUT2D eigenvalue weighted by molar-refractivity contribution is -0.115. The molecule has 0 spiro atoms. The molecule has 1 amide bonds. The molecule has 0 aliphatic carbocycles. The number of halogens is 1. The van der Waals surface area contributed by atoms with E-state index in [1.165, 1.54) is 24.3 Å². The smallest absolute Gasteiger partial charge is 0.225 e. The first-order valence-corrected chi connectivity index (χ1v) is 12.8. The zero-order valence-electron chi connectivity index (χ0n) is 17.0. The van der Waals surface area contributed by atoms with Crippen molar-refractivity contribution in [1.29, 1.82) is 0 Å². The summed E-state index contributed by atoms with van der Waals surface area (Å²) < 4.78 is 25.8. The quantitative estimate of drug-likeness (QED) is 0.583. The number of aromatic nitrogens is 1. The molecule has 164 valence electrons. The molecule has 1 aromatic heterocycles. The van der Waals surface area contributed by atoms with Crippen molar-refractivity contribution < 1.29 is 13.2 Å². The molecule has 1 saturated heterocycles. The van der Waals surface area contributed by atoms with Gasteiger partial charge in [-0.25, -0.2) is 13.4 Å². The fraction of sp³-hybridized carbons (Fsp3) is 0.333. The van der Waals surface area contributed by atoms with Crippen LogP contribution < -0.4 is 10.2 Å². The van der Waals surface area contributed by atoms with E-state index in [1.807, 2.05) is 12.1 Å². The topological polar surface area (TPSA) is 82.6 Å². The van der Waals surface area contributed by atoms with Crippen molar-refractivity contribution in [2.45, 2.75) is 11.3 Å². The van der Waals surface area contributed by atoms with Crippen LogP contribution in [0.1, 0.15) is 6.42 Å². The summed E-state index contributed by atoms with van der Waals surface area (Å²) in [6.07, 6.45) is -0.127. The maximum Gasteiger partial charge on any atom is 0.225 e. The van der Waals surface area contributed by atoms with E-state index in [0.29, 0.717) is 10.7 Å². The Hall–Kier alpha value is -2.20. The highest BCUT2D eigenvalue weighted by atomic mass is 35.5. The molecule has 0 saturated carbocycles. The standard InChI is InChI=1S/C21H23ClN4O3S2/c1-25-9-11-26(12-10-25)21-24-18-7-4-16(14-19(18)30-21)23-20(27)8-13-31(28,29)17-5-2-15(22)3-6-17/h2-7,14H,8-13H2,1H3,(H,23,27).